The predicted molar refractivity (Wildman–Crippen MR) is 55.5 cm³/mol. The third-order valence-corrected chi connectivity index (χ3v) is 3.26. The topological polar surface area (TPSA) is 35.2 Å². The van der Waals surface area contributed by atoms with Gasteiger partial charge >= 0.3 is 0 Å². The molecule has 0 saturated heterocycles. The molecule has 0 heterocycles. The molecule has 0 bridgehead atoms. The predicted octanol–water partition coefficient (Wildman–Crippen LogP) is 2.09. The van der Waals surface area contributed by atoms with E-state index in [2.05, 4.69) is 13.5 Å². The maximum absolute atomic E-state index is 6.01. The number of methoxy groups -OCH3 is 1. The molecule has 1 aliphatic rings. The molecule has 1 fully saturated rings. The van der Waals surface area contributed by atoms with Gasteiger partial charge in [-0.25, -0.2) is 0 Å². The van der Waals surface area contributed by atoms with E-state index in [1.165, 1.54) is 12.8 Å². The lowest BCUT2D eigenvalue weighted by Gasteiger charge is -2.42. The summed E-state index contributed by atoms with van der Waals surface area (Å²) in [6.45, 7) is 6.02. The van der Waals surface area contributed by atoms with Crippen molar-refractivity contribution in [2.24, 2.45) is 11.7 Å². The van der Waals surface area contributed by atoms with Crippen LogP contribution in [0.4, 0.5) is 0 Å². The van der Waals surface area contributed by atoms with Crippen molar-refractivity contribution >= 4 is 0 Å². The summed E-state index contributed by atoms with van der Waals surface area (Å²) in [6.07, 6.45) is 6.46. The molecule has 2 heteroatoms. The first kappa shape index (κ1) is 10.7. The average molecular weight is 183 g/mol. The van der Waals surface area contributed by atoms with Crippen LogP contribution in [0.25, 0.3) is 0 Å². The normalized spacial score (nSPS) is 37.0. The molecular weight excluding hydrogens is 162 g/mol. The molecule has 2 N–H and O–H groups in total. The Kier molecular flexibility index (Phi) is 3.51. The third kappa shape index (κ3) is 2.12. The van der Waals surface area contributed by atoms with Gasteiger partial charge in [-0.05, 0) is 18.8 Å². The van der Waals surface area contributed by atoms with Gasteiger partial charge in [0.15, 0.2) is 0 Å². The van der Waals surface area contributed by atoms with E-state index >= 15 is 0 Å². The van der Waals surface area contributed by atoms with Crippen molar-refractivity contribution in [3.63, 3.8) is 0 Å². The minimum Gasteiger partial charge on any atom is -0.376 e. The van der Waals surface area contributed by atoms with E-state index in [9.17, 15) is 0 Å². The van der Waals surface area contributed by atoms with Crippen molar-refractivity contribution < 1.29 is 4.74 Å². The largest absolute Gasteiger partial charge is 0.376 e. The fourth-order valence-electron chi connectivity index (χ4n) is 2.38. The number of hydrogen-bond acceptors (Lipinski definition) is 2. The van der Waals surface area contributed by atoms with Gasteiger partial charge in [-0.15, -0.1) is 6.58 Å². The second kappa shape index (κ2) is 4.25. The van der Waals surface area contributed by atoms with Gasteiger partial charge in [-0.2, -0.15) is 0 Å². The van der Waals surface area contributed by atoms with E-state index < -0.39 is 0 Å². The Labute approximate surface area is 81.1 Å². The quantitative estimate of drug-likeness (QED) is 0.680. The summed E-state index contributed by atoms with van der Waals surface area (Å²) >= 11 is 0. The molecule has 1 aliphatic carbocycles. The molecule has 2 nitrogen and oxygen atoms in total. The van der Waals surface area contributed by atoms with Crippen LogP contribution in [0.2, 0.25) is 0 Å². The smallest absolute Gasteiger partial charge is 0.0866 e. The average Bonchev–Trinajstić information content (AvgIpc) is 2.16. The molecule has 1 rings (SSSR count). The van der Waals surface area contributed by atoms with Crippen LogP contribution < -0.4 is 5.73 Å². The molecule has 0 spiro atoms. The molecule has 1 saturated carbocycles. The van der Waals surface area contributed by atoms with Crippen LogP contribution in [0.15, 0.2) is 12.7 Å². The number of ether oxygens (including phenoxy) is 1. The van der Waals surface area contributed by atoms with Crippen molar-refractivity contribution in [3.05, 3.63) is 12.7 Å². The highest BCUT2D eigenvalue weighted by Gasteiger charge is 2.38. The van der Waals surface area contributed by atoms with Crippen molar-refractivity contribution in [2.45, 2.75) is 44.2 Å². The highest BCUT2D eigenvalue weighted by molar-refractivity contribution is 5.03. The van der Waals surface area contributed by atoms with E-state index in [0.717, 1.165) is 18.8 Å². The van der Waals surface area contributed by atoms with Gasteiger partial charge in [-0.1, -0.05) is 25.8 Å². The number of rotatable bonds is 3. The lowest BCUT2D eigenvalue weighted by atomic mass is 9.75. The monoisotopic (exact) mass is 183 g/mol. The summed E-state index contributed by atoms with van der Waals surface area (Å²) in [5.41, 5.74) is 5.87. The van der Waals surface area contributed by atoms with Crippen LogP contribution in [0.1, 0.15) is 32.6 Å². The van der Waals surface area contributed by atoms with Gasteiger partial charge in [0.25, 0.3) is 0 Å². The maximum Gasteiger partial charge on any atom is 0.0866 e. The summed E-state index contributed by atoms with van der Waals surface area (Å²) in [7, 11) is 1.77. The molecule has 13 heavy (non-hydrogen) atoms. The van der Waals surface area contributed by atoms with E-state index in [0.29, 0.717) is 0 Å². The SMILES string of the molecule is C=CC(N)C1(OC)CCCC(C)C1. The Morgan fingerprint density at radius 1 is 1.69 bits per heavy atom. The van der Waals surface area contributed by atoms with Crippen molar-refractivity contribution in [2.75, 3.05) is 7.11 Å². The van der Waals surface area contributed by atoms with Gasteiger partial charge in [0.05, 0.1) is 11.6 Å². The Morgan fingerprint density at radius 3 is 2.85 bits per heavy atom. The first-order valence-electron chi connectivity index (χ1n) is 5.08. The van der Waals surface area contributed by atoms with Crippen molar-refractivity contribution in [1.29, 1.82) is 0 Å². The molecule has 0 aromatic carbocycles. The van der Waals surface area contributed by atoms with Crippen LogP contribution in [-0.2, 0) is 4.74 Å². The Balaban J connectivity index is 2.72. The fraction of sp³-hybridized carbons (Fsp3) is 0.818. The van der Waals surface area contributed by atoms with Gasteiger partial charge in [0.2, 0.25) is 0 Å². The summed E-state index contributed by atoms with van der Waals surface area (Å²) in [4.78, 5) is 0. The van der Waals surface area contributed by atoms with E-state index in [1.54, 1.807) is 7.11 Å². The minimum absolute atomic E-state index is 0.0275. The van der Waals surface area contributed by atoms with Crippen LogP contribution in [-0.4, -0.2) is 18.8 Å². The van der Waals surface area contributed by atoms with E-state index in [1.807, 2.05) is 6.08 Å². The molecule has 0 radical (unpaired) electrons. The van der Waals surface area contributed by atoms with Gasteiger partial charge in [0.1, 0.15) is 0 Å². The lowest BCUT2D eigenvalue weighted by Crippen LogP contribution is -2.51. The van der Waals surface area contributed by atoms with Crippen molar-refractivity contribution in [1.82, 2.24) is 0 Å². The first-order valence-corrected chi connectivity index (χ1v) is 5.08. The Morgan fingerprint density at radius 2 is 2.38 bits per heavy atom. The molecule has 0 aromatic rings. The third-order valence-electron chi connectivity index (χ3n) is 3.26. The summed E-state index contributed by atoms with van der Waals surface area (Å²) in [5, 5.41) is 0. The molecule has 0 amide bonds. The van der Waals surface area contributed by atoms with Crippen LogP contribution in [0.3, 0.4) is 0 Å². The van der Waals surface area contributed by atoms with Gasteiger partial charge < -0.3 is 10.5 Å². The van der Waals surface area contributed by atoms with Crippen LogP contribution in [0.5, 0.6) is 0 Å². The number of hydrogen-bond donors (Lipinski definition) is 1. The highest BCUT2D eigenvalue weighted by Crippen LogP contribution is 2.36. The van der Waals surface area contributed by atoms with Crippen LogP contribution in [0, 0.1) is 5.92 Å². The van der Waals surface area contributed by atoms with Crippen LogP contribution >= 0.6 is 0 Å². The van der Waals surface area contributed by atoms with Gasteiger partial charge in [-0.3, -0.25) is 0 Å². The number of nitrogens with two attached hydrogens (primary N) is 1. The molecular formula is C11H21NO. The first-order chi connectivity index (χ1) is 6.14. The zero-order valence-electron chi connectivity index (χ0n) is 8.75. The fourth-order valence-corrected chi connectivity index (χ4v) is 2.38. The standard InChI is InChI=1S/C11H21NO/c1-4-10(12)11(13-3)7-5-6-9(2)8-11/h4,9-10H,1,5-8,12H2,2-3H3. The summed E-state index contributed by atoms with van der Waals surface area (Å²) in [5.74, 6) is 0.722. The lowest BCUT2D eigenvalue weighted by molar-refractivity contribution is -0.0607. The molecule has 76 valence electrons. The minimum atomic E-state index is -0.139. The van der Waals surface area contributed by atoms with Gasteiger partial charge in [0, 0.05) is 7.11 Å². The summed E-state index contributed by atoms with van der Waals surface area (Å²) in [6, 6.07) is -0.0275. The summed E-state index contributed by atoms with van der Waals surface area (Å²) < 4.78 is 5.61. The maximum atomic E-state index is 6.01. The second-order valence-electron chi connectivity index (χ2n) is 4.23. The zero-order chi connectivity index (χ0) is 9.90. The second-order valence-corrected chi connectivity index (χ2v) is 4.23. The zero-order valence-corrected chi connectivity index (χ0v) is 8.75. The molecule has 0 aliphatic heterocycles. The van der Waals surface area contributed by atoms with E-state index in [-0.39, 0.29) is 11.6 Å². The molecule has 3 atom stereocenters. The Hall–Kier alpha value is -0.340. The molecule has 3 unspecified atom stereocenters. The van der Waals surface area contributed by atoms with Crippen molar-refractivity contribution in [3.8, 4) is 0 Å². The van der Waals surface area contributed by atoms with E-state index in [4.69, 9.17) is 10.5 Å². The molecule has 0 aromatic heterocycles. The highest BCUT2D eigenvalue weighted by atomic mass is 16.5. The Bertz CT molecular complexity index is 181.